The van der Waals surface area contributed by atoms with Crippen molar-refractivity contribution in [3.8, 4) is 0 Å². The molecule has 4 heteroatoms. The van der Waals surface area contributed by atoms with Gasteiger partial charge in [-0.05, 0) is 43.4 Å². The Balaban J connectivity index is 1.87. The Hall–Kier alpha value is -0.870. The molecule has 0 bridgehead atoms. The standard InChI is InChI=1S/C13H17NO2S/c15-17(16)8-7-12(14-9-10-5-6-10)11-3-1-2-4-13(11)17/h1-4,10,12,14H,5-9H2. The molecule has 1 saturated carbocycles. The van der Waals surface area contributed by atoms with Crippen LogP contribution >= 0.6 is 0 Å². The Bertz CT molecular complexity index is 520. The van der Waals surface area contributed by atoms with E-state index in [0.29, 0.717) is 11.3 Å². The predicted octanol–water partition coefficient (Wildman–Crippen LogP) is 1.90. The molecule has 17 heavy (non-hydrogen) atoms. The van der Waals surface area contributed by atoms with Crippen molar-refractivity contribution in [1.29, 1.82) is 0 Å². The van der Waals surface area contributed by atoms with Gasteiger partial charge in [0.25, 0.3) is 0 Å². The molecular formula is C13H17NO2S. The topological polar surface area (TPSA) is 46.2 Å². The van der Waals surface area contributed by atoms with E-state index in [-0.39, 0.29) is 11.8 Å². The molecule has 0 spiro atoms. The summed E-state index contributed by atoms with van der Waals surface area (Å²) in [6.45, 7) is 1.03. The minimum absolute atomic E-state index is 0.218. The summed E-state index contributed by atoms with van der Waals surface area (Å²) in [6.07, 6.45) is 3.34. The van der Waals surface area contributed by atoms with E-state index < -0.39 is 9.84 Å². The molecule has 0 amide bonds. The average molecular weight is 251 g/mol. The van der Waals surface area contributed by atoms with E-state index in [4.69, 9.17) is 0 Å². The van der Waals surface area contributed by atoms with Crippen LogP contribution in [0.1, 0.15) is 30.9 Å². The number of rotatable bonds is 3. The number of fused-ring (bicyclic) bond motifs is 1. The van der Waals surface area contributed by atoms with Crippen molar-refractivity contribution in [1.82, 2.24) is 5.32 Å². The minimum atomic E-state index is -3.04. The molecule has 0 aromatic heterocycles. The first kappa shape index (κ1) is 11.2. The number of benzene rings is 1. The lowest BCUT2D eigenvalue weighted by atomic mass is 10.0. The van der Waals surface area contributed by atoms with Crippen LogP contribution in [0, 0.1) is 5.92 Å². The molecule has 1 atom stereocenters. The summed E-state index contributed by atoms with van der Waals surface area (Å²) in [5.41, 5.74) is 0.958. The van der Waals surface area contributed by atoms with Crippen molar-refractivity contribution in [3.63, 3.8) is 0 Å². The van der Waals surface area contributed by atoms with E-state index in [1.807, 2.05) is 12.1 Å². The first-order valence-corrected chi connectivity index (χ1v) is 7.87. The summed E-state index contributed by atoms with van der Waals surface area (Å²) < 4.78 is 23.9. The van der Waals surface area contributed by atoms with Crippen LogP contribution in [0.4, 0.5) is 0 Å². The molecule has 1 aliphatic carbocycles. The molecule has 2 aliphatic rings. The van der Waals surface area contributed by atoms with E-state index in [1.165, 1.54) is 12.8 Å². The number of nitrogens with one attached hydrogen (secondary N) is 1. The van der Waals surface area contributed by atoms with Gasteiger partial charge in [-0.3, -0.25) is 0 Å². The molecule has 1 fully saturated rings. The maximum absolute atomic E-state index is 11.9. The zero-order valence-electron chi connectivity index (χ0n) is 9.72. The van der Waals surface area contributed by atoms with Crippen molar-refractivity contribution in [2.45, 2.75) is 30.2 Å². The van der Waals surface area contributed by atoms with Gasteiger partial charge in [0.05, 0.1) is 10.6 Å². The molecule has 1 aliphatic heterocycles. The van der Waals surface area contributed by atoms with E-state index in [0.717, 1.165) is 18.0 Å². The molecule has 1 aromatic rings. The lowest BCUT2D eigenvalue weighted by Crippen LogP contribution is -2.30. The van der Waals surface area contributed by atoms with Gasteiger partial charge in [0, 0.05) is 6.04 Å². The van der Waals surface area contributed by atoms with Crippen LogP contribution < -0.4 is 5.32 Å². The molecule has 1 heterocycles. The van der Waals surface area contributed by atoms with Gasteiger partial charge in [-0.15, -0.1) is 0 Å². The van der Waals surface area contributed by atoms with Crippen molar-refractivity contribution in [2.24, 2.45) is 5.92 Å². The third-order valence-corrected chi connectivity index (χ3v) is 5.47. The third-order valence-electron chi connectivity index (χ3n) is 3.65. The Morgan fingerprint density at radius 2 is 1.94 bits per heavy atom. The second-order valence-corrected chi connectivity index (χ2v) is 7.13. The number of sulfone groups is 1. The van der Waals surface area contributed by atoms with E-state index in [2.05, 4.69) is 5.32 Å². The summed E-state index contributed by atoms with van der Waals surface area (Å²) in [6, 6.07) is 7.62. The van der Waals surface area contributed by atoms with Crippen LogP contribution in [0.2, 0.25) is 0 Å². The largest absolute Gasteiger partial charge is 0.310 e. The second kappa shape index (κ2) is 4.10. The van der Waals surface area contributed by atoms with Crippen molar-refractivity contribution in [3.05, 3.63) is 29.8 Å². The summed E-state index contributed by atoms with van der Waals surface area (Å²) in [7, 11) is -3.04. The lowest BCUT2D eigenvalue weighted by Gasteiger charge is -2.26. The zero-order valence-corrected chi connectivity index (χ0v) is 10.5. The Morgan fingerprint density at radius 1 is 1.18 bits per heavy atom. The smallest absolute Gasteiger partial charge is 0.178 e. The summed E-state index contributed by atoms with van der Waals surface area (Å²) >= 11 is 0. The Labute approximate surface area is 102 Å². The van der Waals surface area contributed by atoms with Crippen molar-refractivity contribution in [2.75, 3.05) is 12.3 Å². The molecular weight excluding hydrogens is 234 g/mol. The number of hydrogen-bond donors (Lipinski definition) is 1. The molecule has 1 aromatic carbocycles. The molecule has 0 saturated heterocycles. The lowest BCUT2D eigenvalue weighted by molar-refractivity contribution is 0.480. The third kappa shape index (κ3) is 2.24. The zero-order chi connectivity index (χ0) is 11.9. The van der Waals surface area contributed by atoms with Crippen LogP contribution in [0.15, 0.2) is 29.2 Å². The van der Waals surface area contributed by atoms with Gasteiger partial charge in [-0.1, -0.05) is 18.2 Å². The highest BCUT2D eigenvalue weighted by molar-refractivity contribution is 7.91. The van der Waals surface area contributed by atoms with E-state index in [9.17, 15) is 8.42 Å². The van der Waals surface area contributed by atoms with Crippen LogP contribution in [-0.4, -0.2) is 20.7 Å². The highest BCUT2D eigenvalue weighted by atomic mass is 32.2. The van der Waals surface area contributed by atoms with E-state index >= 15 is 0 Å². The Kier molecular flexibility index (Phi) is 2.71. The van der Waals surface area contributed by atoms with Crippen molar-refractivity contribution < 1.29 is 8.42 Å². The molecule has 1 N–H and O–H groups in total. The fraction of sp³-hybridized carbons (Fsp3) is 0.538. The van der Waals surface area contributed by atoms with E-state index in [1.54, 1.807) is 12.1 Å². The first-order chi connectivity index (χ1) is 8.17. The second-order valence-electron chi connectivity index (χ2n) is 5.05. The highest BCUT2D eigenvalue weighted by Crippen LogP contribution is 2.33. The van der Waals surface area contributed by atoms with Gasteiger partial charge in [0.1, 0.15) is 0 Å². The molecule has 0 radical (unpaired) electrons. The van der Waals surface area contributed by atoms with Gasteiger partial charge < -0.3 is 5.32 Å². The molecule has 3 nitrogen and oxygen atoms in total. The predicted molar refractivity (Wildman–Crippen MR) is 66.6 cm³/mol. The minimum Gasteiger partial charge on any atom is -0.310 e. The maximum Gasteiger partial charge on any atom is 0.178 e. The van der Waals surface area contributed by atoms with Gasteiger partial charge in [0.2, 0.25) is 0 Å². The van der Waals surface area contributed by atoms with Crippen LogP contribution in [0.5, 0.6) is 0 Å². The molecule has 92 valence electrons. The van der Waals surface area contributed by atoms with Crippen molar-refractivity contribution >= 4 is 9.84 Å². The van der Waals surface area contributed by atoms with Gasteiger partial charge in [-0.2, -0.15) is 0 Å². The maximum atomic E-state index is 11.9. The summed E-state index contributed by atoms with van der Waals surface area (Å²) in [5.74, 6) is 1.09. The summed E-state index contributed by atoms with van der Waals surface area (Å²) in [5, 5.41) is 3.51. The van der Waals surface area contributed by atoms with Gasteiger partial charge in [-0.25, -0.2) is 8.42 Å². The molecule has 1 unspecified atom stereocenters. The van der Waals surface area contributed by atoms with Crippen LogP contribution in [0.25, 0.3) is 0 Å². The van der Waals surface area contributed by atoms with Crippen LogP contribution in [0.3, 0.4) is 0 Å². The fourth-order valence-electron chi connectivity index (χ4n) is 2.43. The van der Waals surface area contributed by atoms with Crippen LogP contribution in [-0.2, 0) is 9.84 Å². The SMILES string of the molecule is O=S1(=O)CCC(NCC2CC2)c2ccccc21. The molecule has 3 rings (SSSR count). The van der Waals surface area contributed by atoms with Gasteiger partial charge >= 0.3 is 0 Å². The monoisotopic (exact) mass is 251 g/mol. The number of hydrogen-bond acceptors (Lipinski definition) is 3. The quantitative estimate of drug-likeness (QED) is 0.892. The fourth-order valence-corrected chi connectivity index (χ4v) is 4.05. The normalized spacial score (nSPS) is 26.5. The average Bonchev–Trinajstić information content (AvgIpc) is 3.12. The summed E-state index contributed by atoms with van der Waals surface area (Å²) in [4.78, 5) is 0.527. The highest BCUT2D eigenvalue weighted by Gasteiger charge is 2.31. The van der Waals surface area contributed by atoms with Gasteiger partial charge in [0.15, 0.2) is 9.84 Å². The first-order valence-electron chi connectivity index (χ1n) is 6.22. The Morgan fingerprint density at radius 3 is 2.71 bits per heavy atom.